The number of aldehydes is 1. The molecule has 0 amide bonds. The van der Waals surface area contributed by atoms with Gasteiger partial charge in [0.1, 0.15) is 5.69 Å². The van der Waals surface area contributed by atoms with Gasteiger partial charge in [-0.15, -0.1) is 0 Å². The van der Waals surface area contributed by atoms with Crippen LogP contribution in [0.25, 0.3) is 11.1 Å². The quantitative estimate of drug-likeness (QED) is 0.777. The van der Waals surface area contributed by atoms with Crippen LogP contribution in [0.1, 0.15) is 10.5 Å². The molecule has 0 unspecified atom stereocenters. The van der Waals surface area contributed by atoms with Gasteiger partial charge in [0.2, 0.25) is 0 Å². The lowest BCUT2D eigenvalue weighted by molar-refractivity contribution is 0.111. The van der Waals surface area contributed by atoms with Crippen molar-refractivity contribution in [3.63, 3.8) is 0 Å². The molecule has 15 heavy (non-hydrogen) atoms. The van der Waals surface area contributed by atoms with Gasteiger partial charge in [0, 0.05) is 16.2 Å². The average molecular weight is 262 g/mol. The third-order valence-corrected chi connectivity index (χ3v) is 2.81. The zero-order valence-corrected chi connectivity index (χ0v) is 9.44. The molecule has 1 aromatic carbocycles. The number of pyridine rings is 1. The van der Waals surface area contributed by atoms with Crippen LogP contribution in [0.15, 0.2) is 47.1 Å². The van der Waals surface area contributed by atoms with Crippen molar-refractivity contribution in [2.75, 3.05) is 0 Å². The number of carbonyl (C=O) groups excluding carboxylic acids is 1. The summed E-state index contributed by atoms with van der Waals surface area (Å²) in [5.74, 6) is 0. The van der Waals surface area contributed by atoms with E-state index in [4.69, 9.17) is 0 Å². The summed E-state index contributed by atoms with van der Waals surface area (Å²) in [4.78, 5) is 14.9. The number of hydrogen-bond acceptors (Lipinski definition) is 2. The second-order valence-corrected chi connectivity index (χ2v) is 3.89. The van der Waals surface area contributed by atoms with E-state index in [0.29, 0.717) is 5.69 Å². The van der Waals surface area contributed by atoms with E-state index in [-0.39, 0.29) is 0 Å². The maximum absolute atomic E-state index is 10.8. The third kappa shape index (κ3) is 1.97. The first kappa shape index (κ1) is 10.1. The predicted octanol–water partition coefficient (Wildman–Crippen LogP) is 3.32. The van der Waals surface area contributed by atoms with E-state index in [9.17, 15) is 4.79 Å². The summed E-state index contributed by atoms with van der Waals surface area (Å²) in [5, 5.41) is 0. The van der Waals surface area contributed by atoms with Crippen molar-refractivity contribution in [3.8, 4) is 11.1 Å². The van der Waals surface area contributed by atoms with Crippen LogP contribution >= 0.6 is 15.9 Å². The largest absolute Gasteiger partial charge is 0.296 e. The van der Waals surface area contributed by atoms with Gasteiger partial charge < -0.3 is 0 Å². The standard InChI is InChI=1S/C12H8BrNO/c13-11-6-2-1-4-9(11)10-5-3-7-14-12(10)8-15/h1-8H. The van der Waals surface area contributed by atoms with Gasteiger partial charge in [-0.1, -0.05) is 40.2 Å². The molecule has 0 N–H and O–H groups in total. The molecule has 2 aromatic rings. The highest BCUT2D eigenvalue weighted by Crippen LogP contribution is 2.28. The third-order valence-electron chi connectivity index (χ3n) is 2.11. The Bertz CT molecular complexity index is 496. The fourth-order valence-electron chi connectivity index (χ4n) is 1.42. The summed E-state index contributed by atoms with van der Waals surface area (Å²) < 4.78 is 0.959. The van der Waals surface area contributed by atoms with Crippen molar-refractivity contribution in [1.29, 1.82) is 0 Å². The Kier molecular flexibility index (Phi) is 2.92. The van der Waals surface area contributed by atoms with Gasteiger partial charge in [0.15, 0.2) is 6.29 Å². The maximum atomic E-state index is 10.8. The summed E-state index contributed by atoms with van der Waals surface area (Å²) in [5.41, 5.74) is 2.29. The Morgan fingerprint density at radius 3 is 2.53 bits per heavy atom. The zero-order valence-electron chi connectivity index (χ0n) is 7.85. The smallest absolute Gasteiger partial charge is 0.169 e. The number of aromatic nitrogens is 1. The van der Waals surface area contributed by atoms with Crippen LogP contribution in [0.5, 0.6) is 0 Å². The van der Waals surface area contributed by atoms with Crippen LogP contribution < -0.4 is 0 Å². The molecule has 1 heterocycles. The summed E-state index contributed by atoms with van der Waals surface area (Å²) in [6.07, 6.45) is 2.39. The summed E-state index contributed by atoms with van der Waals surface area (Å²) in [7, 11) is 0. The molecule has 0 bridgehead atoms. The van der Waals surface area contributed by atoms with Crippen LogP contribution in [0, 0.1) is 0 Å². The Morgan fingerprint density at radius 1 is 1.07 bits per heavy atom. The lowest BCUT2D eigenvalue weighted by Gasteiger charge is -2.05. The van der Waals surface area contributed by atoms with E-state index in [0.717, 1.165) is 21.9 Å². The summed E-state index contributed by atoms with van der Waals surface area (Å²) in [6, 6.07) is 11.5. The van der Waals surface area contributed by atoms with Gasteiger partial charge in [0.25, 0.3) is 0 Å². The van der Waals surface area contributed by atoms with Gasteiger partial charge >= 0.3 is 0 Å². The molecule has 3 heteroatoms. The molecule has 0 aliphatic rings. The molecule has 74 valence electrons. The number of hydrogen-bond donors (Lipinski definition) is 0. The van der Waals surface area contributed by atoms with Crippen molar-refractivity contribution in [2.24, 2.45) is 0 Å². The van der Waals surface area contributed by atoms with Crippen molar-refractivity contribution in [3.05, 3.63) is 52.8 Å². The second-order valence-electron chi connectivity index (χ2n) is 3.03. The van der Waals surface area contributed by atoms with Crippen LogP contribution in [0.4, 0.5) is 0 Å². The van der Waals surface area contributed by atoms with Crippen LogP contribution in [-0.4, -0.2) is 11.3 Å². The molecular formula is C12H8BrNO. The maximum Gasteiger partial charge on any atom is 0.169 e. The van der Waals surface area contributed by atoms with Crippen molar-refractivity contribution < 1.29 is 4.79 Å². The molecule has 0 atom stereocenters. The Morgan fingerprint density at radius 2 is 1.80 bits per heavy atom. The van der Waals surface area contributed by atoms with Gasteiger partial charge in [-0.25, -0.2) is 0 Å². The van der Waals surface area contributed by atoms with Crippen LogP contribution in [0.3, 0.4) is 0 Å². The molecule has 0 aliphatic carbocycles. The van der Waals surface area contributed by atoms with Gasteiger partial charge in [-0.05, 0) is 17.7 Å². The number of benzene rings is 1. The van der Waals surface area contributed by atoms with Crippen LogP contribution in [-0.2, 0) is 0 Å². The van der Waals surface area contributed by atoms with Gasteiger partial charge in [-0.3, -0.25) is 9.78 Å². The van der Waals surface area contributed by atoms with Crippen molar-refractivity contribution >= 4 is 22.2 Å². The van der Waals surface area contributed by atoms with E-state index in [1.807, 2.05) is 36.4 Å². The highest BCUT2D eigenvalue weighted by molar-refractivity contribution is 9.10. The average Bonchev–Trinajstić information content (AvgIpc) is 2.30. The summed E-state index contributed by atoms with van der Waals surface area (Å²) >= 11 is 3.45. The first-order valence-corrected chi connectivity index (χ1v) is 5.27. The molecule has 0 saturated heterocycles. The van der Waals surface area contributed by atoms with E-state index in [1.54, 1.807) is 6.20 Å². The van der Waals surface area contributed by atoms with Gasteiger partial charge in [-0.2, -0.15) is 0 Å². The van der Waals surface area contributed by atoms with Crippen molar-refractivity contribution in [1.82, 2.24) is 4.98 Å². The minimum absolute atomic E-state index is 0.462. The molecule has 2 nitrogen and oxygen atoms in total. The molecular weight excluding hydrogens is 254 g/mol. The lowest BCUT2D eigenvalue weighted by Crippen LogP contribution is -1.91. The first-order valence-electron chi connectivity index (χ1n) is 4.48. The molecule has 0 aliphatic heterocycles. The van der Waals surface area contributed by atoms with E-state index in [1.165, 1.54) is 0 Å². The molecule has 0 saturated carbocycles. The van der Waals surface area contributed by atoms with Crippen molar-refractivity contribution in [2.45, 2.75) is 0 Å². The minimum atomic E-state index is 0.462. The van der Waals surface area contributed by atoms with Gasteiger partial charge in [0.05, 0.1) is 0 Å². The Balaban J connectivity index is 2.64. The Hall–Kier alpha value is -1.48. The molecule has 2 rings (SSSR count). The number of rotatable bonds is 2. The minimum Gasteiger partial charge on any atom is -0.296 e. The topological polar surface area (TPSA) is 30.0 Å². The number of carbonyl (C=O) groups is 1. The highest BCUT2D eigenvalue weighted by atomic mass is 79.9. The number of nitrogens with zero attached hydrogens (tertiary/aromatic N) is 1. The monoisotopic (exact) mass is 261 g/mol. The number of halogens is 1. The first-order chi connectivity index (χ1) is 7.33. The lowest BCUT2D eigenvalue weighted by atomic mass is 10.0. The SMILES string of the molecule is O=Cc1ncccc1-c1ccccc1Br. The fraction of sp³-hybridized carbons (Fsp3) is 0. The fourth-order valence-corrected chi connectivity index (χ4v) is 1.92. The molecule has 0 radical (unpaired) electrons. The van der Waals surface area contributed by atoms with Crippen LogP contribution in [0.2, 0.25) is 0 Å². The second kappa shape index (κ2) is 4.36. The normalized spacial score (nSPS) is 9.93. The molecule has 1 aromatic heterocycles. The van der Waals surface area contributed by atoms with E-state index in [2.05, 4.69) is 20.9 Å². The molecule has 0 fully saturated rings. The van der Waals surface area contributed by atoms with E-state index < -0.39 is 0 Å². The predicted molar refractivity (Wildman–Crippen MR) is 62.8 cm³/mol. The molecule has 0 spiro atoms. The Labute approximate surface area is 96.1 Å². The zero-order chi connectivity index (χ0) is 10.7. The van der Waals surface area contributed by atoms with E-state index >= 15 is 0 Å². The summed E-state index contributed by atoms with van der Waals surface area (Å²) in [6.45, 7) is 0. The highest BCUT2D eigenvalue weighted by Gasteiger charge is 2.07.